The van der Waals surface area contributed by atoms with Gasteiger partial charge in [-0.05, 0) is 79.6 Å². The van der Waals surface area contributed by atoms with Crippen LogP contribution in [-0.4, -0.2) is 28.0 Å². The summed E-state index contributed by atoms with van der Waals surface area (Å²) in [5, 5.41) is 3.47. The lowest BCUT2D eigenvalue weighted by molar-refractivity contribution is -0.120. The predicted octanol–water partition coefficient (Wildman–Crippen LogP) is 5.35. The number of carbonyl (C=O) groups excluding carboxylic acids is 1. The first-order valence-electron chi connectivity index (χ1n) is 11.5. The van der Waals surface area contributed by atoms with E-state index in [0.29, 0.717) is 10.7 Å². The molecule has 0 saturated heterocycles. The number of hydrogen-bond acceptors (Lipinski definition) is 4. The molecule has 184 valence electrons. The predicted molar refractivity (Wildman–Crippen MR) is 139 cm³/mol. The number of benzene rings is 3. The van der Waals surface area contributed by atoms with Crippen molar-refractivity contribution in [2.45, 2.75) is 44.0 Å². The average Bonchev–Trinajstić information content (AvgIpc) is 2.84. The monoisotopic (exact) mass is 512 g/mol. The lowest BCUT2D eigenvalue weighted by atomic mass is 9.88. The lowest BCUT2D eigenvalue weighted by Gasteiger charge is -2.29. The van der Waals surface area contributed by atoms with Crippen LogP contribution < -0.4 is 14.4 Å². The van der Waals surface area contributed by atoms with Crippen LogP contribution in [0.5, 0.6) is 5.75 Å². The summed E-state index contributed by atoms with van der Waals surface area (Å²) < 4.78 is 34.3. The van der Waals surface area contributed by atoms with Crippen LogP contribution in [0.3, 0.4) is 0 Å². The molecule has 0 spiro atoms. The molecule has 1 aliphatic carbocycles. The molecule has 0 saturated carbocycles. The Kier molecular flexibility index (Phi) is 7.38. The van der Waals surface area contributed by atoms with E-state index in [4.69, 9.17) is 16.3 Å². The van der Waals surface area contributed by atoms with Gasteiger partial charge in [-0.15, -0.1) is 0 Å². The molecule has 3 aromatic carbocycles. The van der Waals surface area contributed by atoms with E-state index >= 15 is 0 Å². The Balaban J connectivity index is 1.70. The first-order valence-corrected chi connectivity index (χ1v) is 13.3. The van der Waals surface area contributed by atoms with Crippen molar-refractivity contribution in [1.82, 2.24) is 5.32 Å². The van der Waals surface area contributed by atoms with Crippen LogP contribution in [0, 0.1) is 13.8 Å². The van der Waals surface area contributed by atoms with Gasteiger partial charge < -0.3 is 10.1 Å². The van der Waals surface area contributed by atoms with Crippen molar-refractivity contribution >= 4 is 33.2 Å². The van der Waals surface area contributed by atoms with E-state index in [1.807, 2.05) is 25.1 Å². The van der Waals surface area contributed by atoms with Crippen LogP contribution in [0.1, 0.15) is 41.1 Å². The van der Waals surface area contributed by atoms with Crippen molar-refractivity contribution in [1.29, 1.82) is 0 Å². The molecule has 4 rings (SSSR count). The maximum Gasteiger partial charge on any atom is 0.268 e. The molecule has 0 radical (unpaired) electrons. The Hall–Kier alpha value is -3.03. The molecule has 8 heteroatoms. The van der Waals surface area contributed by atoms with Gasteiger partial charge in [-0.3, -0.25) is 9.10 Å². The first kappa shape index (κ1) is 25.1. The van der Waals surface area contributed by atoms with E-state index in [0.717, 1.165) is 40.3 Å². The van der Waals surface area contributed by atoms with Crippen molar-refractivity contribution in [2.75, 3.05) is 18.0 Å². The quantitative estimate of drug-likeness (QED) is 0.462. The number of fused-ring (bicyclic) bond motifs is 1. The Morgan fingerprint density at radius 2 is 1.89 bits per heavy atom. The van der Waals surface area contributed by atoms with Gasteiger partial charge in [-0.2, -0.15) is 0 Å². The number of aryl methyl sites for hydroxylation is 3. The Bertz CT molecular complexity index is 1360. The summed E-state index contributed by atoms with van der Waals surface area (Å²) in [5.74, 6) is -0.181. The maximum atomic E-state index is 13.9. The van der Waals surface area contributed by atoms with E-state index in [1.54, 1.807) is 43.3 Å². The van der Waals surface area contributed by atoms with E-state index in [9.17, 15) is 13.2 Å². The molecule has 0 bridgehead atoms. The van der Waals surface area contributed by atoms with Gasteiger partial charge in [-0.25, -0.2) is 8.42 Å². The number of ether oxygens (including phenoxy) is 1. The van der Waals surface area contributed by atoms with Crippen molar-refractivity contribution < 1.29 is 17.9 Å². The molecule has 1 N–H and O–H groups in total. The Labute approximate surface area is 211 Å². The number of carbonyl (C=O) groups is 1. The molecule has 0 fully saturated rings. The molecule has 0 aliphatic heterocycles. The van der Waals surface area contributed by atoms with Gasteiger partial charge in [0.15, 0.2) is 0 Å². The van der Waals surface area contributed by atoms with Gasteiger partial charge >= 0.3 is 0 Å². The molecule has 3 aromatic rings. The van der Waals surface area contributed by atoms with Crippen LogP contribution in [0.15, 0.2) is 65.6 Å². The van der Waals surface area contributed by atoms with Crippen LogP contribution >= 0.6 is 11.6 Å². The van der Waals surface area contributed by atoms with Crippen molar-refractivity contribution in [3.05, 3.63) is 87.9 Å². The molecule has 6 nitrogen and oxygen atoms in total. The van der Waals surface area contributed by atoms with Gasteiger partial charge in [0.1, 0.15) is 17.2 Å². The topological polar surface area (TPSA) is 75.7 Å². The molecular formula is C27H29ClN2O4S. The number of hydrogen-bond donors (Lipinski definition) is 1. The lowest BCUT2D eigenvalue weighted by Crippen LogP contribution is -2.42. The van der Waals surface area contributed by atoms with Gasteiger partial charge in [0.25, 0.3) is 10.0 Å². The smallest absolute Gasteiger partial charge is 0.268 e. The van der Waals surface area contributed by atoms with Crippen molar-refractivity contribution in [3.8, 4) is 5.75 Å². The number of sulfonamides is 1. The molecule has 1 amide bonds. The molecule has 1 aliphatic rings. The molecule has 0 heterocycles. The number of rotatable bonds is 7. The average molecular weight is 513 g/mol. The number of methoxy groups -OCH3 is 1. The van der Waals surface area contributed by atoms with Crippen LogP contribution in [0.4, 0.5) is 5.69 Å². The second kappa shape index (κ2) is 10.3. The van der Waals surface area contributed by atoms with E-state index in [2.05, 4.69) is 11.4 Å². The SMILES string of the molecule is COc1ccc(C)cc1S(=O)(=O)N(CC(=O)NC1CCCc2ccccc21)c1ccc(C)c(Cl)c1. The van der Waals surface area contributed by atoms with Crippen LogP contribution in [-0.2, 0) is 21.2 Å². The molecule has 0 aromatic heterocycles. The van der Waals surface area contributed by atoms with Gasteiger partial charge in [0.2, 0.25) is 5.91 Å². The third-order valence-corrected chi connectivity index (χ3v) is 8.52. The summed E-state index contributed by atoms with van der Waals surface area (Å²) in [6.07, 6.45) is 2.73. The minimum atomic E-state index is -4.16. The Morgan fingerprint density at radius 3 is 2.63 bits per heavy atom. The normalized spacial score (nSPS) is 15.3. The number of anilines is 1. The van der Waals surface area contributed by atoms with Crippen molar-refractivity contribution in [2.24, 2.45) is 0 Å². The highest BCUT2D eigenvalue weighted by Crippen LogP contribution is 2.33. The van der Waals surface area contributed by atoms with Crippen LogP contribution in [0.25, 0.3) is 0 Å². The summed E-state index contributed by atoms with van der Waals surface area (Å²) >= 11 is 6.34. The van der Waals surface area contributed by atoms with E-state index in [1.165, 1.54) is 12.7 Å². The summed E-state index contributed by atoms with van der Waals surface area (Å²) in [6, 6.07) is 17.8. The maximum absolute atomic E-state index is 13.9. The zero-order chi connectivity index (χ0) is 25.2. The molecular weight excluding hydrogens is 484 g/mol. The minimum Gasteiger partial charge on any atom is -0.495 e. The van der Waals surface area contributed by atoms with Crippen molar-refractivity contribution in [3.63, 3.8) is 0 Å². The standard InChI is InChI=1S/C27H29ClN2O4S/c1-18-11-14-25(34-3)26(15-18)35(32,33)30(21-13-12-19(2)23(28)16-21)17-27(31)29-24-10-6-8-20-7-4-5-9-22(20)24/h4-5,7,9,11-16,24H,6,8,10,17H2,1-3H3,(H,29,31). The zero-order valence-electron chi connectivity index (χ0n) is 20.0. The van der Waals surface area contributed by atoms with E-state index in [-0.39, 0.29) is 16.7 Å². The van der Waals surface area contributed by atoms with Gasteiger partial charge in [-0.1, -0.05) is 48.0 Å². The second-order valence-corrected chi connectivity index (χ2v) is 11.0. The summed E-state index contributed by atoms with van der Waals surface area (Å²) in [6.45, 7) is 3.25. The van der Waals surface area contributed by atoms with Crippen LogP contribution in [0.2, 0.25) is 5.02 Å². The molecule has 1 atom stereocenters. The number of amides is 1. The van der Waals surface area contributed by atoms with E-state index < -0.39 is 22.5 Å². The highest BCUT2D eigenvalue weighted by atomic mass is 35.5. The van der Waals surface area contributed by atoms with Gasteiger partial charge in [0.05, 0.1) is 18.8 Å². The number of nitrogens with zero attached hydrogens (tertiary/aromatic N) is 1. The number of nitrogens with one attached hydrogen (secondary N) is 1. The fourth-order valence-electron chi connectivity index (χ4n) is 4.43. The highest BCUT2D eigenvalue weighted by molar-refractivity contribution is 7.93. The first-order chi connectivity index (χ1) is 16.7. The summed E-state index contributed by atoms with van der Waals surface area (Å²) in [4.78, 5) is 13.3. The second-order valence-electron chi connectivity index (χ2n) is 8.81. The summed E-state index contributed by atoms with van der Waals surface area (Å²) in [5.41, 5.74) is 4.17. The highest BCUT2D eigenvalue weighted by Gasteiger charge is 2.31. The minimum absolute atomic E-state index is 0.00694. The molecule has 1 unspecified atom stereocenters. The summed E-state index contributed by atoms with van der Waals surface area (Å²) in [7, 11) is -2.74. The molecule has 35 heavy (non-hydrogen) atoms. The zero-order valence-corrected chi connectivity index (χ0v) is 21.6. The largest absolute Gasteiger partial charge is 0.495 e. The fraction of sp³-hybridized carbons (Fsp3) is 0.296. The third-order valence-electron chi connectivity index (χ3n) is 6.32. The number of halogens is 1. The Morgan fingerprint density at radius 1 is 1.11 bits per heavy atom. The third kappa shape index (κ3) is 5.31. The fourth-order valence-corrected chi connectivity index (χ4v) is 6.26. The van der Waals surface area contributed by atoms with Gasteiger partial charge in [0, 0.05) is 5.02 Å².